The molecule has 2 aromatic carbocycles. The minimum Gasteiger partial charge on any atom is -0.491 e. The summed E-state index contributed by atoms with van der Waals surface area (Å²) in [5.74, 6) is 0.778. The molecule has 2 rings (SSSR count). The first kappa shape index (κ1) is 17.8. The molecule has 0 saturated heterocycles. The molecule has 0 saturated carbocycles. The Labute approximate surface area is 146 Å². The minimum atomic E-state index is -0.569. The Hall–Kier alpha value is -1.52. The van der Waals surface area contributed by atoms with Crippen molar-refractivity contribution < 1.29 is 9.84 Å². The molecule has 2 aromatic rings. The molecule has 3 nitrogen and oxygen atoms in total. The molecular formula is C19H24BrNO2. The van der Waals surface area contributed by atoms with Crippen LogP contribution in [0.1, 0.15) is 26.3 Å². The van der Waals surface area contributed by atoms with Crippen molar-refractivity contribution in [3.63, 3.8) is 0 Å². The molecule has 0 amide bonds. The summed E-state index contributed by atoms with van der Waals surface area (Å²) < 4.78 is 6.68. The van der Waals surface area contributed by atoms with E-state index in [1.807, 2.05) is 36.4 Å². The van der Waals surface area contributed by atoms with Crippen LogP contribution in [0.4, 0.5) is 5.69 Å². The highest BCUT2D eigenvalue weighted by atomic mass is 79.9. The van der Waals surface area contributed by atoms with Gasteiger partial charge in [-0.25, -0.2) is 0 Å². The monoisotopic (exact) mass is 377 g/mol. The quantitative estimate of drug-likeness (QED) is 0.772. The van der Waals surface area contributed by atoms with Crippen molar-refractivity contribution in [1.82, 2.24) is 0 Å². The molecule has 0 aliphatic carbocycles. The fourth-order valence-corrected chi connectivity index (χ4v) is 2.37. The average Bonchev–Trinajstić information content (AvgIpc) is 2.52. The van der Waals surface area contributed by atoms with E-state index in [0.29, 0.717) is 6.54 Å². The number of anilines is 1. The van der Waals surface area contributed by atoms with Crippen molar-refractivity contribution in [1.29, 1.82) is 0 Å². The number of hydrogen-bond acceptors (Lipinski definition) is 3. The van der Waals surface area contributed by atoms with Crippen molar-refractivity contribution >= 4 is 21.6 Å². The van der Waals surface area contributed by atoms with E-state index in [9.17, 15) is 5.11 Å². The molecular weight excluding hydrogens is 354 g/mol. The number of ether oxygens (including phenoxy) is 1. The SMILES string of the molecule is CC(C)(C)c1ccc(OCC(O)CNc2ccc(Br)cc2)cc1. The lowest BCUT2D eigenvalue weighted by Crippen LogP contribution is -2.26. The van der Waals surface area contributed by atoms with Crippen LogP contribution in [0.25, 0.3) is 0 Å². The van der Waals surface area contributed by atoms with Crippen LogP contribution < -0.4 is 10.1 Å². The van der Waals surface area contributed by atoms with Crippen molar-refractivity contribution in [2.24, 2.45) is 0 Å². The summed E-state index contributed by atoms with van der Waals surface area (Å²) in [5, 5.41) is 13.2. The summed E-state index contributed by atoms with van der Waals surface area (Å²) in [6.45, 7) is 7.25. The van der Waals surface area contributed by atoms with E-state index in [2.05, 4.69) is 54.2 Å². The maximum Gasteiger partial charge on any atom is 0.119 e. The van der Waals surface area contributed by atoms with Crippen molar-refractivity contribution in [3.05, 3.63) is 58.6 Å². The third-order valence-corrected chi connectivity index (χ3v) is 4.08. The largest absolute Gasteiger partial charge is 0.491 e. The molecule has 23 heavy (non-hydrogen) atoms. The van der Waals surface area contributed by atoms with Gasteiger partial charge in [-0.15, -0.1) is 0 Å². The molecule has 0 aromatic heterocycles. The Bertz CT molecular complexity index is 603. The second-order valence-electron chi connectivity index (χ2n) is 6.63. The fourth-order valence-electron chi connectivity index (χ4n) is 2.11. The van der Waals surface area contributed by atoms with Gasteiger partial charge in [-0.3, -0.25) is 0 Å². The van der Waals surface area contributed by atoms with Crippen molar-refractivity contribution in [2.45, 2.75) is 32.3 Å². The molecule has 0 fully saturated rings. The Balaban J connectivity index is 1.77. The lowest BCUT2D eigenvalue weighted by molar-refractivity contribution is 0.117. The van der Waals surface area contributed by atoms with Crippen LogP contribution in [0.5, 0.6) is 5.75 Å². The van der Waals surface area contributed by atoms with Crippen LogP contribution in [0.2, 0.25) is 0 Å². The van der Waals surface area contributed by atoms with Gasteiger partial charge in [0.1, 0.15) is 18.5 Å². The number of aliphatic hydroxyl groups is 1. The molecule has 0 bridgehead atoms. The van der Waals surface area contributed by atoms with Crippen LogP contribution in [0.3, 0.4) is 0 Å². The molecule has 4 heteroatoms. The van der Waals surface area contributed by atoms with E-state index >= 15 is 0 Å². The highest BCUT2D eigenvalue weighted by molar-refractivity contribution is 9.10. The minimum absolute atomic E-state index is 0.132. The molecule has 0 heterocycles. The zero-order valence-corrected chi connectivity index (χ0v) is 15.4. The Morgan fingerprint density at radius 2 is 1.65 bits per heavy atom. The van der Waals surface area contributed by atoms with Crippen molar-refractivity contribution in [2.75, 3.05) is 18.5 Å². The Morgan fingerprint density at radius 3 is 2.22 bits per heavy atom. The van der Waals surface area contributed by atoms with Crippen LogP contribution in [0, 0.1) is 0 Å². The normalized spacial score (nSPS) is 12.7. The topological polar surface area (TPSA) is 41.5 Å². The smallest absolute Gasteiger partial charge is 0.119 e. The average molecular weight is 378 g/mol. The summed E-state index contributed by atoms with van der Waals surface area (Å²) in [4.78, 5) is 0. The summed E-state index contributed by atoms with van der Waals surface area (Å²) in [6, 6.07) is 15.9. The van der Waals surface area contributed by atoms with E-state index in [-0.39, 0.29) is 12.0 Å². The molecule has 0 radical (unpaired) electrons. The van der Waals surface area contributed by atoms with E-state index in [1.165, 1.54) is 5.56 Å². The maximum absolute atomic E-state index is 10.0. The third kappa shape index (κ3) is 5.88. The van der Waals surface area contributed by atoms with Crippen LogP contribution in [-0.2, 0) is 5.41 Å². The zero-order chi connectivity index (χ0) is 16.9. The predicted molar refractivity (Wildman–Crippen MR) is 99.3 cm³/mol. The molecule has 1 atom stereocenters. The Morgan fingerprint density at radius 1 is 1.04 bits per heavy atom. The summed E-state index contributed by atoms with van der Waals surface area (Å²) in [6.07, 6.45) is -0.569. The molecule has 1 unspecified atom stereocenters. The van der Waals surface area contributed by atoms with Crippen LogP contribution in [0.15, 0.2) is 53.0 Å². The first-order chi connectivity index (χ1) is 10.8. The number of benzene rings is 2. The van der Waals surface area contributed by atoms with Gasteiger partial charge in [0, 0.05) is 16.7 Å². The van der Waals surface area contributed by atoms with Gasteiger partial charge in [0.15, 0.2) is 0 Å². The summed E-state index contributed by atoms with van der Waals surface area (Å²) >= 11 is 3.40. The molecule has 124 valence electrons. The highest BCUT2D eigenvalue weighted by Gasteiger charge is 2.13. The van der Waals surface area contributed by atoms with Crippen LogP contribution >= 0.6 is 15.9 Å². The first-order valence-electron chi connectivity index (χ1n) is 7.75. The number of hydrogen-bond donors (Lipinski definition) is 2. The number of rotatable bonds is 6. The van der Waals surface area contributed by atoms with Gasteiger partial charge in [-0.2, -0.15) is 0 Å². The highest BCUT2D eigenvalue weighted by Crippen LogP contribution is 2.24. The van der Waals surface area contributed by atoms with E-state index in [1.54, 1.807) is 0 Å². The number of nitrogens with one attached hydrogen (secondary N) is 1. The van der Waals surface area contributed by atoms with E-state index in [0.717, 1.165) is 15.9 Å². The van der Waals surface area contributed by atoms with E-state index in [4.69, 9.17) is 4.74 Å². The van der Waals surface area contributed by atoms with Crippen molar-refractivity contribution in [3.8, 4) is 5.75 Å². The Kier molecular flexibility index (Phi) is 6.08. The molecule has 0 aliphatic heterocycles. The first-order valence-corrected chi connectivity index (χ1v) is 8.55. The fraction of sp³-hybridized carbons (Fsp3) is 0.368. The van der Waals surface area contributed by atoms with Gasteiger partial charge in [0.05, 0.1) is 0 Å². The molecule has 2 N–H and O–H groups in total. The number of halogens is 1. The lowest BCUT2D eigenvalue weighted by atomic mass is 9.87. The zero-order valence-electron chi connectivity index (χ0n) is 13.8. The molecule has 0 aliphatic rings. The van der Waals surface area contributed by atoms with Crippen LogP contribution in [-0.4, -0.2) is 24.4 Å². The number of aliphatic hydroxyl groups excluding tert-OH is 1. The van der Waals surface area contributed by atoms with Gasteiger partial charge in [-0.1, -0.05) is 48.8 Å². The van der Waals surface area contributed by atoms with Gasteiger partial charge in [-0.05, 0) is 47.4 Å². The maximum atomic E-state index is 10.0. The van der Waals surface area contributed by atoms with Gasteiger partial charge < -0.3 is 15.2 Å². The third-order valence-electron chi connectivity index (χ3n) is 3.55. The predicted octanol–water partition coefficient (Wildman–Crippen LogP) is 4.60. The molecule has 0 spiro atoms. The van der Waals surface area contributed by atoms with Gasteiger partial charge in [0.25, 0.3) is 0 Å². The van der Waals surface area contributed by atoms with Gasteiger partial charge in [0.2, 0.25) is 0 Å². The summed E-state index contributed by atoms with van der Waals surface area (Å²) in [7, 11) is 0. The standard InChI is InChI=1S/C19H24BrNO2/c1-19(2,3)14-4-10-18(11-5-14)23-13-17(22)12-21-16-8-6-15(20)7-9-16/h4-11,17,21-22H,12-13H2,1-3H3. The van der Waals surface area contributed by atoms with E-state index < -0.39 is 6.10 Å². The summed E-state index contributed by atoms with van der Waals surface area (Å²) in [5.41, 5.74) is 2.37. The second kappa shape index (κ2) is 7.84. The van der Waals surface area contributed by atoms with Gasteiger partial charge >= 0.3 is 0 Å². The lowest BCUT2D eigenvalue weighted by Gasteiger charge is -2.19. The second-order valence-corrected chi connectivity index (χ2v) is 7.54.